The maximum absolute atomic E-state index is 6.05. The van der Waals surface area contributed by atoms with E-state index < -0.39 is 0 Å². The van der Waals surface area contributed by atoms with Crippen molar-refractivity contribution >= 4 is 21.6 Å². The Kier molecular flexibility index (Phi) is 5.25. The zero-order chi connectivity index (χ0) is 13.8. The van der Waals surface area contributed by atoms with Gasteiger partial charge in [0.05, 0.1) is 6.61 Å². The lowest BCUT2D eigenvalue weighted by molar-refractivity contribution is 0.131. The normalized spacial score (nSPS) is 16.4. The van der Waals surface area contributed by atoms with E-state index in [2.05, 4.69) is 46.1 Å². The Hall–Kier alpha value is -0.580. The third-order valence-corrected chi connectivity index (χ3v) is 4.01. The summed E-state index contributed by atoms with van der Waals surface area (Å²) >= 11 is 3.50. The van der Waals surface area contributed by atoms with E-state index in [-0.39, 0.29) is 6.04 Å². The summed E-state index contributed by atoms with van der Waals surface area (Å²) in [6, 6.07) is 6.30. The van der Waals surface area contributed by atoms with Crippen molar-refractivity contribution in [1.29, 1.82) is 0 Å². The molecular weight excluding hydrogens is 304 g/mol. The minimum atomic E-state index is 0.0299. The van der Waals surface area contributed by atoms with Gasteiger partial charge in [-0.15, -0.1) is 0 Å². The summed E-state index contributed by atoms with van der Waals surface area (Å²) in [5.74, 6) is 0.831. The number of rotatable bonds is 7. The van der Waals surface area contributed by atoms with Gasteiger partial charge >= 0.3 is 0 Å². The summed E-state index contributed by atoms with van der Waals surface area (Å²) in [5, 5.41) is 0. The highest BCUT2D eigenvalue weighted by Gasteiger charge is 2.21. The van der Waals surface area contributed by atoms with E-state index in [9.17, 15) is 0 Å². The molecule has 19 heavy (non-hydrogen) atoms. The lowest BCUT2D eigenvalue weighted by atomic mass is 10.1. The quantitative estimate of drug-likeness (QED) is 0.781. The van der Waals surface area contributed by atoms with Gasteiger partial charge in [-0.2, -0.15) is 0 Å². The molecule has 2 rings (SSSR count). The number of halogens is 1. The molecule has 0 aliphatic heterocycles. The van der Waals surface area contributed by atoms with E-state index in [1.807, 2.05) is 6.92 Å². The van der Waals surface area contributed by atoms with Crippen molar-refractivity contribution in [1.82, 2.24) is 0 Å². The monoisotopic (exact) mass is 326 g/mol. The molecule has 0 amide bonds. The predicted molar refractivity (Wildman–Crippen MR) is 83.6 cm³/mol. The van der Waals surface area contributed by atoms with Gasteiger partial charge in [-0.1, -0.05) is 15.9 Å². The summed E-state index contributed by atoms with van der Waals surface area (Å²) in [6.07, 6.45) is 2.69. The predicted octanol–water partition coefficient (Wildman–Crippen LogP) is 3.33. The van der Waals surface area contributed by atoms with Gasteiger partial charge in [-0.25, -0.2) is 0 Å². The number of anilines is 1. The first-order chi connectivity index (χ1) is 9.08. The summed E-state index contributed by atoms with van der Waals surface area (Å²) in [7, 11) is 2.09. The van der Waals surface area contributed by atoms with Gasteiger partial charge in [0.2, 0.25) is 0 Å². The topological polar surface area (TPSA) is 38.5 Å². The Morgan fingerprint density at radius 2 is 2.21 bits per heavy atom. The molecule has 0 heterocycles. The van der Waals surface area contributed by atoms with Gasteiger partial charge in [-0.3, -0.25) is 0 Å². The zero-order valence-corrected chi connectivity index (χ0v) is 13.3. The fourth-order valence-electron chi connectivity index (χ4n) is 2.09. The molecule has 106 valence electrons. The van der Waals surface area contributed by atoms with Gasteiger partial charge in [-0.05, 0) is 49.4 Å². The van der Waals surface area contributed by atoms with Crippen LogP contribution in [0.5, 0.6) is 0 Å². The number of benzene rings is 1. The summed E-state index contributed by atoms with van der Waals surface area (Å²) in [4.78, 5) is 2.22. The number of hydrogen-bond donors (Lipinski definition) is 1. The molecule has 1 fully saturated rings. The van der Waals surface area contributed by atoms with Crippen molar-refractivity contribution in [2.45, 2.75) is 25.8 Å². The molecule has 1 atom stereocenters. The number of hydrogen-bond acceptors (Lipinski definition) is 3. The summed E-state index contributed by atoms with van der Waals surface area (Å²) < 4.78 is 6.76. The number of ether oxygens (including phenoxy) is 1. The maximum Gasteiger partial charge on any atom is 0.0641 e. The van der Waals surface area contributed by atoms with Crippen molar-refractivity contribution < 1.29 is 4.74 Å². The van der Waals surface area contributed by atoms with Crippen molar-refractivity contribution in [3.05, 3.63) is 28.2 Å². The Balaban J connectivity index is 1.90. The average molecular weight is 327 g/mol. The molecule has 0 aromatic heterocycles. The Morgan fingerprint density at radius 1 is 1.47 bits per heavy atom. The molecule has 1 unspecified atom stereocenters. The van der Waals surface area contributed by atoms with E-state index in [0.29, 0.717) is 0 Å². The van der Waals surface area contributed by atoms with Crippen LogP contribution in [0.2, 0.25) is 0 Å². The van der Waals surface area contributed by atoms with Crippen LogP contribution in [0.3, 0.4) is 0 Å². The zero-order valence-electron chi connectivity index (χ0n) is 11.7. The van der Waals surface area contributed by atoms with Crippen LogP contribution in [0, 0.1) is 5.92 Å². The van der Waals surface area contributed by atoms with Crippen molar-refractivity contribution in [3.8, 4) is 0 Å². The lowest BCUT2D eigenvalue weighted by Crippen LogP contribution is -2.25. The SMILES string of the molecule is CC(N)c1cc(Br)ccc1N(C)CCOCC1CC1. The number of likely N-dealkylation sites (N-methyl/N-ethyl adjacent to an activating group) is 1. The summed E-state index contributed by atoms with van der Waals surface area (Å²) in [5.41, 5.74) is 8.40. The molecule has 2 N–H and O–H groups in total. The molecule has 0 bridgehead atoms. The van der Waals surface area contributed by atoms with E-state index >= 15 is 0 Å². The fraction of sp³-hybridized carbons (Fsp3) is 0.600. The molecular formula is C15H23BrN2O. The smallest absolute Gasteiger partial charge is 0.0641 e. The van der Waals surface area contributed by atoms with Crippen LogP contribution in [-0.4, -0.2) is 26.8 Å². The fourth-order valence-corrected chi connectivity index (χ4v) is 2.47. The third kappa shape index (κ3) is 4.48. The number of nitrogens with zero attached hydrogens (tertiary/aromatic N) is 1. The van der Waals surface area contributed by atoms with Crippen LogP contribution in [0.4, 0.5) is 5.69 Å². The molecule has 1 aromatic rings. The first-order valence-electron chi connectivity index (χ1n) is 6.92. The molecule has 3 nitrogen and oxygen atoms in total. The first-order valence-corrected chi connectivity index (χ1v) is 7.71. The van der Waals surface area contributed by atoms with Gasteiger partial charge < -0.3 is 15.4 Å². The molecule has 0 radical (unpaired) electrons. The average Bonchev–Trinajstić information content (AvgIpc) is 3.18. The van der Waals surface area contributed by atoms with Crippen LogP contribution >= 0.6 is 15.9 Å². The first kappa shape index (κ1) is 14.8. The second-order valence-corrected chi connectivity index (χ2v) is 6.35. The van der Waals surface area contributed by atoms with E-state index in [1.165, 1.54) is 24.1 Å². The Labute approximate surface area is 124 Å². The molecule has 1 aliphatic rings. The molecule has 1 saturated carbocycles. The molecule has 1 aliphatic carbocycles. The maximum atomic E-state index is 6.05. The highest BCUT2D eigenvalue weighted by Crippen LogP contribution is 2.29. The van der Waals surface area contributed by atoms with Crippen molar-refractivity contribution in [3.63, 3.8) is 0 Å². The van der Waals surface area contributed by atoms with Crippen molar-refractivity contribution in [2.75, 3.05) is 31.7 Å². The second kappa shape index (κ2) is 6.73. The van der Waals surface area contributed by atoms with E-state index in [4.69, 9.17) is 10.5 Å². The second-order valence-electron chi connectivity index (χ2n) is 5.43. The standard InChI is InChI=1S/C15H23BrN2O/c1-11(17)14-9-13(16)5-6-15(14)18(2)7-8-19-10-12-3-4-12/h5-6,9,11-12H,3-4,7-8,10,17H2,1-2H3. The highest BCUT2D eigenvalue weighted by molar-refractivity contribution is 9.10. The molecule has 0 spiro atoms. The number of nitrogens with two attached hydrogens (primary N) is 1. The largest absolute Gasteiger partial charge is 0.379 e. The molecule has 0 saturated heterocycles. The Bertz CT molecular complexity index is 419. The Morgan fingerprint density at radius 3 is 2.84 bits per heavy atom. The van der Waals surface area contributed by atoms with Gasteiger partial charge in [0.1, 0.15) is 0 Å². The third-order valence-electron chi connectivity index (χ3n) is 3.51. The van der Waals surface area contributed by atoms with Crippen LogP contribution in [0.25, 0.3) is 0 Å². The van der Waals surface area contributed by atoms with Gasteiger partial charge in [0.25, 0.3) is 0 Å². The van der Waals surface area contributed by atoms with Crippen LogP contribution < -0.4 is 10.6 Å². The molecule has 1 aromatic carbocycles. The molecule has 4 heteroatoms. The minimum Gasteiger partial charge on any atom is -0.379 e. The van der Waals surface area contributed by atoms with Crippen LogP contribution in [0.15, 0.2) is 22.7 Å². The van der Waals surface area contributed by atoms with Gasteiger partial charge in [0.15, 0.2) is 0 Å². The van der Waals surface area contributed by atoms with Crippen LogP contribution in [0.1, 0.15) is 31.4 Å². The van der Waals surface area contributed by atoms with Crippen LogP contribution in [-0.2, 0) is 4.74 Å². The summed E-state index contributed by atoms with van der Waals surface area (Å²) in [6.45, 7) is 4.62. The van der Waals surface area contributed by atoms with Crippen molar-refractivity contribution in [2.24, 2.45) is 11.7 Å². The minimum absolute atomic E-state index is 0.0299. The van der Waals surface area contributed by atoms with E-state index in [0.717, 1.165) is 30.1 Å². The highest BCUT2D eigenvalue weighted by atomic mass is 79.9. The van der Waals surface area contributed by atoms with Gasteiger partial charge in [0, 0.05) is 36.4 Å². The van der Waals surface area contributed by atoms with E-state index in [1.54, 1.807) is 0 Å². The lowest BCUT2D eigenvalue weighted by Gasteiger charge is -2.24.